The molecule has 0 saturated heterocycles. The largest absolute Gasteiger partial charge is 0.508 e. The van der Waals surface area contributed by atoms with E-state index < -0.39 is 6.10 Å². The summed E-state index contributed by atoms with van der Waals surface area (Å²) in [6.07, 6.45) is 3.64. The Morgan fingerprint density at radius 3 is 2.55 bits per heavy atom. The van der Waals surface area contributed by atoms with E-state index in [9.17, 15) is 15.3 Å². The lowest BCUT2D eigenvalue weighted by atomic mass is 10.1. The number of benzene rings is 2. The lowest BCUT2D eigenvalue weighted by molar-refractivity contribution is 0.0392. The summed E-state index contributed by atoms with van der Waals surface area (Å²) in [6.45, 7) is 3.59. The Hall–Kier alpha value is -1.48. The van der Waals surface area contributed by atoms with Gasteiger partial charge in [0.2, 0.25) is 0 Å². The molecule has 0 aliphatic heterocycles. The summed E-state index contributed by atoms with van der Waals surface area (Å²) in [5, 5.41) is 32.2. The number of aromatic hydroxyl groups is 1. The van der Waals surface area contributed by atoms with Gasteiger partial charge in [-0.2, -0.15) is 0 Å². The van der Waals surface area contributed by atoms with E-state index in [1.807, 2.05) is 18.2 Å². The van der Waals surface area contributed by atoms with Crippen molar-refractivity contribution in [2.75, 3.05) is 32.9 Å². The highest BCUT2D eigenvalue weighted by atomic mass is 79.9. The van der Waals surface area contributed by atoms with E-state index in [2.05, 4.69) is 27.3 Å². The number of hydrogen-bond donors (Lipinski definition) is 4. The minimum absolute atomic E-state index is 0.0449. The summed E-state index contributed by atoms with van der Waals surface area (Å²) in [6, 6.07) is 12.9. The molecule has 0 saturated carbocycles. The van der Waals surface area contributed by atoms with E-state index >= 15 is 0 Å². The second-order valence-corrected chi connectivity index (χ2v) is 8.39. The number of aliphatic hydroxyl groups excluding tert-OH is 2. The third-order valence-corrected chi connectivity index (χ3v) is 5.41. The van der Waals surface area contributed by atoms with Crippen LogP contribution < -0.4 is 5.32 Å². The maximum atomic E-state index is 10.2. The van der Waals surface area contributed by atoms with Crippen molar-refractivity contribution in [2.45, 2.75) is 45.0 Å². The van der Waals surface area contributed by atoms with Gasteiger partial charge >= 0.3 is 0 Å². The Morgan fingerprint density at radius 2 is 1.74 bits per heavy atom. The summed E-state index contributed by atoms with van der Waals surface area (Å²) in [5.74, 6) is 0.0449. The lowest BCUT2D eigenvalue weighted by Crippen LogP contribution is -2.22. The lowest BCUT2D eigenvalue weighted by Gasteiger charge is -2.14. The van der Waals surface area contributed by atoms with Gasteiger partial charge in [-0.25, -0.2) is 0 Å². The van der Waals surface area contributed by atoms with Crippen LogP contribution in [0.2, 0.25) is 0 Å². The molecule has 0 aliphatic rings. The average Bonchev–Trinajstić information content (AvgIpc) is 2.77. The van der Waals surface area contributed by atoms with Crippen LogP contribution in [0.5, 0.6) is 5.75 Å². The number of unbranched alkanes of at least 4 members (excludes halogenated alkanes) is 3. The van der Waals surface area contributed by atoms with Crippen LogP contribution in [-0.2, 0) is 22.7 Å². The van der Waals surface area contributed by atoms with E-state index in [1.165, 1.54) is 6.07 Å². The smallest absolute Gasteiger partial charge is 0.121 e. The van der Waals surface area contributed by atoms with Gasteiger partial charge in [0, 0.05) is 23.2 Å². The molecule has 6 nitrogen and oxygen atoms in total. The number of nitrogens with one attached hydrogen (secondary N) is 1. The first kappa shape index (κ1) is 25.8. The van der Waals surface area contributed by atoms with Gasteiger partial charge in [0.1, 0.15) is 5.75 Å². The topological polar surface area (TPSA) is 91.2 Å². The second kappa shape index (κ2) is 15.3. The van der Waals surface area contributed by atoms with Crippen LogP contribution in [0.3, 0.4) is 0 Å². The minimum Gasteiger partial charge on any atom is -0.508 e. The fraction of sp³-hybridized carbons (Fsp3) is 0.500. The highest BCUT2D eigenvalue weighted by molar-refractivity contribution is 9.10. The molecule has 0 radical (unpaired) electrons. The van der Waals surface area contributed by atoms with Crippen LogP contribution >= 0.6 is 15.9 Å². The summed E-state index contributed by atoms with van der Waals surface area (Å²) in [5.41, 5.74) is 2.26. The van der Waals surface area contributed by atoms with Crippen molar-refractivity contribution >= 4 is 15.9 Å². The number of hydrogen-bond acceptors (Lipinski definition) is 6. The number of halogens is 1. The van der Waals surface area contributed by atoms with Gasteiger partial charge in [0.15, 0.2) is 0 Å². The van der Waals surface area contributed by atoms with Crippen molar-refractivity contribution in [3.63, 3.8) is 0 Å². The van der Waals surface area contributed by atoms with Crippen LogP contribution in [-0.4, -0.2) is 48.2 Å². The Morgan fingerprint density at radius 1 is 0.935 bits per heavy atom. The van der Waals surface area contributed by atoms with Gasteiger partial charge in [0.05, 0.1) is 32.5 Å². The standard InChI is InChI=1S/C24H34BrNO5/c25-22-7-5-6-19(14-22)18-31-13-12-30-11-4-2-1-3-10-26-16-24(29)20-8-9-23(28)21(15-20)17-27/h5-9,14-15,24,26-29H,1-4,10-13,16-18H2. The zero-order chi connectivity index (χ0) is 22.3. The molecule has 1 atom stereocenters. The van der Waals surface area contributed by atoms with Crippen LogP contribution in [0.1, 0.15) is 48.5 Å². The molecule has 0 amide bonds. The summed E-state index contributed by atoms with van der Waals surface area (Å²) in [7, 11) is 0. The summed E-state index contributed by atoms with van der Waals surface area (Å²) >= 11 is 3.45. The summed E-state index contributed by atoms with van der Waals surface area (Å²) in [4.78, 5) is 0. The van der Waals surface area contributed by atoms with Gasteiger partial charge in [-0.3, -0.25) is 0 Å². The maximum absolute atomic E-state index is 10.2. The first-order valence-corrected chi connectivity index (χ1v) is 11.6. The first-order valence-electron chi connectivity index (χ1n) is 10.8. The van der Waals surface area contributed by atoms with Crippen molar-refractivity contribution < 1.29 is 24.8 Å². The molecule has 172 valence electrons. The molecule has 0 fully saturated rings. The zero-order valence-corrected chi connectivity index (χ0v) is 19.5. The van der Waals surface area contributed by atoms with Gasteiger partial charge < -0.3 is 30.1 Å². The highest BCUT2D eigenvalue weighted by Crippen LogP contribution is 2.22. The van der Waals surface area contributed by atoms with E-state index in [0.717, 1.165) is 48.9 Å². The molecule has 4 N–H and O–H groups in total. The summed E-state index contributed by atoms with van der Waals surface area (Å²) < 4.78 is 12.3. The van der Waals surface area contributed by atoms with Crippen LogP contribution in [0.4, 0.5) is 0 Å². The number of aliphatic hydroxyl groups is 2. The van der Waals surface area contributed by atoms with Crippen molar-refractivity contribution in [1.29, 1.82) is 0 Å². The Kier molecular flexibility index (Phi) is 12.8. The van der Waals surface area contributed by atoms with Gasteiger partial charge in [-0.05, 0) is 54.8 Å². The van der Waals surface area contributed by atoms with Gasteiger partial charge in [-0.15, -0.1) is 0 Å². The molecule has 7 heteroatoms. The quantitative estimate of drug-likeness (QED) is 0.262. The molecule has 2 aromatic carbocycles. The minimum atomic E-state index is -0.662. The maximum Gasteiger partial charge on any atom is 0.121 e. The third kappa shape index (κ3) is 10.6. The fourth-order valence-corrected chi connectivity index (χ4v) is 3.59. The molecule has 0 spiro atoms. The molecule has 0 heterocycles. The molecular weight excluding hydrogens is 462 g/mol. The van der Waals surface area contributed by atoms with Crippen molar-refractivity contribution in [1.82, 2.24) is 5.32 Å². The first-order chi connectivity index (χ1) is 15.1. The van der Waals surface area contributed by atoms with Crippen molar-refractivity contribution in [3.8, 4) is 5.75 Å². The van der Waals surface area contributed by atoms with Gasteiger partial charge in [0.25, 0.3) is 0 Å². The molecular formula is C24H34BrNO5. The molecule has 2 aromatic rings. The highest BCUT2D eigenvalue weighted by Gasteiger charge is 2.09. The van der Waals surface area contributed by atoms with Crippen LogP contribution in [0.15, 0.2) is 46.9 Å². The average molecular weight is 496 g/mol. The SMILES string of the molecule is OCc1cc(C(O)CNCCCCCCOCCOCc2cccc(Br)c2)ccc1O. The molecule has 2 rings (SSSR count). The molecule has 0 bridgehead atoms. The second-order valence-electron chi connectivity index (χ2n) is 7.48. The van der Waals surface area contributed by atoms with Crippen LogP contribution in [0, 0.1) is 0 Å². The van der Waals surface area contributed by atoms with Crippen molar-refractivity contribution in [2.24, 2.45) is 0 Å². The number of phenols is 1. The molecule has 31 heavy (non-hydrogen) atoms. The zero-order valence-electron chi connectivity index (χ0n) is 17.9. The predicted octanol–water partition coefficient (Wildman–Crippen LogP) is 4.06. The Labute approximate surface area is 193 Å². The predicted molar refractivity (Wildman–Crippen MR) is 125 cm³/mol. The van der Waals surface area contributed by atoms with E-state index in [0.29, 0.717) is 37.5 Å². The fourth-order valence-electron chi connectivity index (χ4n) is 3.14. The number of rotatable bonds is 16. The monoisotopic (exact) mass is 495 g/mol. The molecule has 1 unspecified atom stereocenters. The van der Waals surface area contributed by atoms with E-state index in [-0.39, 0.29) is 12.4 Å². The molecule has 0 aliphatic carbocycles. The van der Waals surface area contributed by atoms with Crippen molar-refractivity contribution in [3.05, 3.63) is 63.6 Å². The normalized spacial score (nSPS) is 12.2. The third-order valence-electron chi connectivity index (χ3n) is 4.92. The Balaban J connectivity index is 1.39. The van der Waals surface area contributed by atoms with Gasteiger partial charge in [-0.1, -0.05) is 47.0 Å². The van der Waals surface area contributed by atoms with Crippen LogP contribution in [0.25, 0.3) is 0 Å². The Bertz CT molecular complexity index is 758. The van der Waals surface area contributed by atoms with E-state index in [1.54, 1.807) is 12.1 Å². The molecule has 0 aromatic heterocycles. The number of ether oxygens (including phenoxy) is 2. The van der Waals surface area contributed by atoms with E-state index in [4.69, 9.17) is 9.47 Å².